The van der Waals surface area contributed by atoms with Gasteiger partial charge in [0.15, 0.2) is 11.6 Å². The molecule has 0 aliphatic carbocycles. The van der Waals surface area contributed by atoms with Gasteiger partial charge < -0.3 is 38.1 Å². The van der Waals surface area contributed by atoms with E-state index in [9.17, 15) is 19.2 Å². The Labute approximate surface area is 428 Å². The summed E-state index contributed by atoms with van der Waals surface area (Å²) in [5, 5.41) is 0. The lowest BCUT2D eigenvalue weighted by Crippen LogP contribution is -2.30. The number of benzene rings is 6. The van der Waals surface area contributed by atoms with Crippen LogP contribution >= 0.6 is 0 Å². The zero-order valence-electron chi connectivity index (χ0n) is 43.6. The van der Waals surface area contributed by atoms with Crippen LogP contribution in [0.2, 0.25) is 0 Å². The Kier molecular flexibility index (Phi) is 31.9. The lowest BCUT2D eigenvalue weighted by atomic mass is 10.1. The van der Waals surface area contributed by atoms with Crippen LogP contribution in [0.15, 0.2) is 159 Å². The highest BCUT2D eigenvalue weighted by Gasteiger charge is 2.12. The molecule has 0 heterocycles. The molecule has 6 rings (SSSR count). The third-order valence-electron chi connectivity index (χ3n) is 10.0. The van der Waals surface area contributed by atoms with Gasteiger partial charge in [-0.3, -0.25) is 14.4 Å². The molecule has 0 spiro atoms. The van der Waals surface area contributed by atoms with Crippen LogP contribution in [0.25, 0.3) is 11.1 Å². The summed E-state index contributed by atoms with van der Waals surface area (Å²) in [4.78, 5) is 46.2. The van der Waals surface area contributed by atoms with Crippen molar-refractivity contribution in [2.75, 3.05) is 62.9 Å². The van der Waals surface area contributed by atoms with Crippen molar-refractivity contribution in [3.05, 3.63) is 192 Å². The van der Waals surface area contributed by atoms with Gasteiger partial charge in [0.05, 0.1) is 55.3 Å². The Balaban J connectivity index is 0.000000841. The van der Waals surface area contributed by atoms with Crippen LogP contribution in [0, 0.1) is 0 Å². The number of nitrogens with zero attached hydrogens (tertiary/aromatic N) is 1. The van der Waals surface area contributed by atoms with Gasteiger partial charge in [0, 0.05) is 29.8 Å². The third kappa shape index (κ3) is 23.9. The first kappa shape index (κ1) is 63.9. The smallest absolute Gasteiger partial charge is 0.337 e. The van der Waals surface area contributed by atoms with E-state index >= 15 is 0 Å². The summed E-state index contributed by atoms with van der Waals surface area (Å²) in [6.45, 7) is 20.2. The number of carbonyl (C=O) groups excluding carboxylic acids is 4. The molecule has 0 fully saturated rings. The second kappa shape index (κ2) is 35.9. The van der Waals surface area contributed by atoms with Crippen molar-refractivity contribution in [3.63, 3.8) is 0 Å². The zero-order valence-corrected chi connectivity index (χ0v) is 43.6. The number of ether oxygens (including phenoxy) is 7. The fraction of sp³-hybridized carbons (Fsp3) is 0.267. The summed E-state index contributed by atoms with van der Waals surface area (Å²) < 4.78 is 34.5. The van der Waals surface area contributed by atoms with E-state index in [0.717, 1.165) is 69.9 Å². The highest BCUT2D eigenvalue weighted by atomic mass is 16.5. The van der Waals surface area contributed by atoms with Gasteiger partial charge >= 0.3 is 5.97 Å². The number of Topliss-reactive ketones (excluding diaryl/α,β-unsaturated/α-hetero) is 2. The highest BCUT2D eigenvalue weighted by Crippen LogP contribution is 2.19. The molecule has 386 valence electrons. The SMILES string of the molecule is C.C=C(C)c1cccc(OC)c1.C=C(C)c1cccc(OC)c1.CCN(CC)C(=O)c1ccc(OC)cc1.COC(=O)c1ccc(OC)cc1.COc1ccc(C(C)=O)cc1.COc1ccc(C(C)=O)cc1. The molecule has 0 N–H and O–H groups in total. The van der Waals surface area contributed by atoms with Gasteiger partial charge in [-0.15, -0.1) is 0 Å². The molecule has 0 atom stereocenters. The van der Waals surface area contributed by atoms with Crippen LogP contribution in [0.3, 0.4) is 0 Å². The summed E-state index contributed by atoms with van der Waals surface area (Å²) in [7, 11) is 11.1. The first-order valence-electron chi connectivity index (χ1n) is 22.5. The number of methoxy groups -OCH3 is 7. The highest BCUT2D eigenvalue weighted by molar-refractivity contribution is 5.95. The quantitative estimate of drug-likeness (QED) is 0.0762. The van der Waals surface area contributed by atoms with Crippen molar-refractivity contribution >= 4 is 34.6 Å². The Morgan fingerprint density at radius 3 is 0.903 bits per heavy atom. The molecule has 72 heavy (non-hydrogen) atoms. The van der Waals surface area contributed by atoms with E-state index in [1.165, 1.54) is 7.11 Å². The van der Waals surface area contributed by atoms with Crippen LogP contribution in [0.1, 0.15) is 102 Å². The van der Waals surface area contributed by atoms with E-state index in [1.807, 2.05) is 76.2 Å². The normalized spacial score (nSPS) is 9.24. The number of hydrogen-bond donors (Lipinski definition) is 0. The summed E-state index contributed by atoms with van der Waals surface area (Å²) in [5.41, 5.74) is 7.04. The molecule has 12 nitrogen and oxygen atoms in total. The van der Waals surface area contributed by atoms with Crippen LogP contribution in [-0.2, 0) is 4.74 Å². The number of esters is 1. The van der Waals surface area contributed by atoms with E-state index < -0.39 is 0 Å². The van der Waals surface area contributed by atoms with Crippen LogP contribution in [-0.4, -0.2) is 91.2 Å². The second-order valence-electron chi connectivity index (χ2n) is 15.0. The maximum absolute atomic E-state index is 11.9. The topological polar surface area (TPSA) is 136 Å². The lowest BCUT2D eigenvalue weighted by Gasteiger charge is -2.18. The van der Waals surface area contributed by atoms with Gasteiger partial charge in [-0.05, 0) is 174 Å². The molecule has 0 aliphatic rings. The molecule has 6 aromatic rings. The molecule has 0 bridgehead atoms. The average molecular weight is 986 g/mol. The van der Waals surface area contributed by atoms with Crippen molar-refractivity contribution in [3.8, 4) is 34.5 Å². The van der Waals surface area contributed by atoms with Crippen molar-refractivity contribution < 1.29 is 52.3 Å². The Hall–Kier alpha value is -8.12. The molecule has 0 radical (unpaired) electrons. The number of rotatable bonds is 14. The molecule has 0 saturated heterocycles. The predicted octanol–water partition coefficient (Wildman–Crippen LogP) is 13.5. The van der Waals surface area contributed by atoms with Gasteiger partial charge in [-0.2, -0.15) is 0 Å². The number of carbonyl (C=O) groups is 4. The Bertz CT molecular complexity index is 2410. The van der Waals surface area contributed by atoms with E-state index in [4.69, 9.17) is 28.4 Å². The van der Waals surface area contributed by atoms with Crippen molar-refractivity contribution in [2.24, 2.45) is 0 Å². The van der Waals surface area contributed by atoms with Crippen molar-refractivity contribution in [2.45, 2.75) is 49.0 Å². The minimum absolute atomic E-state index is 0. The van der Waals surface area contributed by atoms with E-state index in [-0.39, 0.29) is 30.9 Å². The van der Waals surface area contributed by atoms with E-state index in [0.29, 0.717) is 22.3 Å². The molecule has 12 heteroatoms. The summed E-state index contributed by atoms with van der Waals surface area (Å²) in [6, 6.07) is 43.8. The first-order chi connectivity index (χ1) is 33.9. The first-order valence-corrected chi connectivity index (χ1v) is 22.5. The summed E-state index contributed by atoms with van der Waals surface area (Å²) in [6.07, 6.45) is 0. The van der Waals surface area contributed by atoms with E-state index in [1.54, 1.807) is 158 Å². The number of amides is 1. The minimum Gasteiger partial charge on any atom is -0.497 e. The molecular formula is C60H75NO11. The molecular weight excluding hydrogens is 911 g/mol. The fourth-order valence-electron chi connectivity index (χ4n) is 5.70. The molecule has 0 aromatic heterocycles. The van der Waals surface area contributed by atoms with Crippen molar-refractivity contribution in [1.82, 2.24) is 4.90 Å². The number of ketones is 2. The average Bonchev–Trinajstić information content (AvgIpc) is 3.41. The summed E-state index contributed by atoms with van der Waals surface area (Å²) in [5.74, 6) is 4.69. The standard InChI is InChI=1S/C12H17NO2.2C10H12O.C9H10O3.2C9H10O2.CH4/c1-4-13(5-2)12(14)10-6-8-11(15-3)9-7-10;2*1-8(2)9-5-4-6-10(7-9)11-3;1-11-8-5-3-7(4-6-8)9(10)12-2;2*1-7(10)8-3-5-9(11-2)6-4-8;/h6-9H,4-5H2,1-3H3;2*4-7H,1H2,2-3H3;3-6H,1-2H3;2*3-6H,1-2H3;1H4. The molecule has 1 amide bonds. The third-order valence-corrected chi connectivity index (χ3v) is 10.0. The Morgan fingerprint density at radius 1 is 0.389 bits per heavy atom. The zero-order chi connectivity index (χ0) is 53.3. The monoisotopic (exact) mass is 986 g/mol. The number of hydrogen-bond acceptors (Lipinski definition) is 11. The minimum atomic E-state index is -0.336. The van der Waals surface area contributed by atoms with Crippen molar-refractivity contribution in [1.29, 1.82) is 0 Å². The fourth-order valence-corrected chi connectivity index (χ4v) is 5.70. The molecule has 0 unspecified atom stereocenters. The maximum atomic E-state index is 11.9. The van der Waals surface area contributed by atoms with Gasteiger partial charge in [0.2, 0.25) is 0 Å². The van der Waals surface area contributed by atoms with Gasteiger partial charge in [-0.25, -0.2) is 4.79 Å². The number of allylic oxidation sites excluding steroid dienone is 2. The molecule has 0 aliphatic heterocycles. The molecule has 6 aromatic carbocycles. The summed E-state index contributed by atoms with van der Waals surface area (Å²) >= 11 is 0. The van der Waals surface area contributed by atoms with Crippen LogP contribution in [0.5, 0.6) is 34.5 Å². The second-order valence-corrected chi connectivity index (χ2v) is 15.0. The molecule has 0 saturated carbocycles. The predicted molar refractivity (Wildman–Crippen MR) is 293 cm³/mol. The maximum Gasteiger partial charge on any atom is 0.337 e. The van der Waals surface area contributed by atoms with Gasteiger partial charge in [-0.1, -0.05) is 56.0 Å². The Morgan fingerprint density at radius 2 is 0.667 bits per heavy atom. The van der Waals surface area contributed by atoms with E-state index in [2.05, 4.69) is 17.9 Å². The van der Waals surface area contributed by atoms with Gasteiger partial charge in [0.1, 0.15) is 34.5 Å². The lowest BCUT2D eigenvalue weighted by molar-refractivity contribution is 0.0600. The largest absolute Gasteiger partial charge is 0.497 e. The van der Waals surface area contributed by atoms with Crippen LogP contribution in [0.4, 0.5) is 0 Å². The van der Waals surface area contributed by atoms with Crippen LogP contribution < -0.4 is 28.4 Å². The van der Waals surface area contributed by atoms with Gasteiger partial charge in [0.25, 0.3) is 5.91 Å².